The van der Waals surface area contributed by atoms with E-state index in [-0.39, 0.29) is 5.92 Å². The van der Waals surface area contributed by atoms with Crippen LogP contribution < -0.4 is 0 Å². The van der Waals surface area contributed by atoms with E-state index in [2.05, 4.69) is 16.9 Å². The minimum Gasteiger partial charge on any atom is -0.481 e. The van der Waals surface area contributed by atoms with Crippen LogP contribution in [0.3, 0.4) is 0 Å². The lowest BCUT2D eigenvalue weighted by Crippen LogP contribution is -2.23. The number of hydrogen-bond acceptors (Lipinski definition) is 3. The van der Waals surface area contributed by atoms with Gasteiger partial charge in [-0.2, -0.15) is 0 Å². The number of nitrogens with zero attached hydrogens (tertiary/aromatic N) is 2. The first-order valence-corrected chi connectivity index (χ1v) is 6.27. The number of hydrogen-bond donors (Lipinski definition) is 1. The summed E-state index contributed by atoms with van der Waals surface area (Å²) < 4.78 is 0. The van der Waals surface area contributed by atoms with Crippen LogP contribution in [0, 0.1) is 5.92 Å². The van der Waals surface area contributed by atoms with Gasteiger partial charge in [0.2, 0.25) is 0 Å². The van der Waals surface area contributed by atoms with Crippen molar-refractivity contribution in [3.05, 3.63) is 23.3 Å². The number of aromatic nitrogens is 2. The summed E-state index contributed by atoms with van der Waals surface area (Å²) in [6.45, 7) is 2.15. The van der Waals surface area contributed by atoms with Crippen LogP contribution in [0.4, 0.5) is 0 Å². The Morgan fingerprint density at radius 2 is 2.41 bits per heavy atom. The van der Waals surface area contributed by atoms with Crippen molar-refractivity contribution in [2.45, 2.75) is 45.4 Å². The smallest absolute Gasteiger partial charge is 0.306 e. The maximum Gasteiger partial charge on any atom is 0.306 e. The van der Waals surface area contributed by atoms with Gasteiger partial charge in [0.1, 0.15) is 5.82 Å². The van der Waals surface area contributed by atoms with Crippen LogP contribution in [-0.2, 0) is 24.1 Å². The third-order valence-electron chi connectivity index (χ3n) is 3.30. The van der Waals surface area contributed by atoms with Crippen LogP contribution >= 0.6 is 0 Å². The largest absolute Gasteiger partial charge is 0.481 e. The van der Waals surface area contributed by atoms with E-state index in [1.807, 2.05) is 6.20 Å². The molecule has 0 bridgehead atoms. The molecule has 0 amide bonds. The molecule has 1 unspecified atom stereocenters. The van der Waals surface area contributed by atoms with Gasteiger partial charge in [0.25, 0.3) is 0 Å². The van der Waals surface area contributed by atoms with E-state index in [0.717, 1.165) is 42.8 Å². The molecular weight excluding hydrogens is 216 g/mol. The maximum atomic E-state index is 10.9. The summed E-state index contributed by atoms with van der Waals surface area (Å²) in [7, 11) is 0. The molecule has 1 aliphatic carbocycles. The summed E-state index contributed by atoms with van der Waals surface area (Å²) in [6, 6.07) is 0. The lowest BCUT2D eigenvalue weighted by atomic mass is 9.87. The third-order valence-corrected chi connectivity index (χ3v) is 3.30. The number of carboxylic acid groups (broad SMARTS) is 1. The summed E-state index contributed by atoms with van der Waals surface area (Å²) in [5.74, 6) is -0.0577. The van der Waals surface area contributed by atoms with Crippen molar-refractivity contribution in [2.24, 2.45) is 5.92 Å². The molecule has 0 radical (unpaired) electrons. The molecule has 1 N–H and O–H groups in total. The van der Waals surface area contributed by atoms with Gasteiger partial charge in [-0.15, -0.1) is 0 Å². The Bertz CT molecular complexity index is 418. The summed E-state index contributed by atoms with van der Waals surface area (Å²) in [5, 5.41) is 8.99. The van der Waals surface area contributed by atoms with Gasteiger partial charge < -0.3 is 5.11 Å². The Kier molecular flexibility index (Phi) is 3.71. The zero-order valence-corrected chi connectivity index (χ0v) is 10.1. The number of fused-ring (bicyclic) bond motifs is 1. The van der Waals surface area contributed by atoms with Crippen LogP contribution in [0.5, 0.6) is 0 Å². The first-order valence-electron chi connectivity index (χ1n) is 6.27. The van der Waals surface area contributed by atoms with Crippen molar-refractivity contribution in [1.82, 2.24) is 9.97 Å². The third kappa shape index (κ3) is 2.81. The lowest BCUT2D eigenvalue weighted by Gasteiger charge is -2.20. The lowest BCUT2D eigenvalue weighted by molar-refractivity contribution is -0.142. The normalized spacial score (nSPS) is 18.8. The van der Waals surface area contributed by atoms with Crippen molar-refractivity contribution in [2.75, 3.05) is 0 Å². The zero-order chi connectivity index (χ0) is 12.3. The number of carboxylic acids is 1. The van der Waals surface area contributed by atoms with Crippen molar-refractivity contribution < 1.29 is 9.90 Å². The highest BCUT2D eigenvalue weighted by molar-refractivity contribution is 5.70. The summed E-state index contributed by atoms with van der Waals surface area (Å²) in [5.41, 5.74) is 2.08. The van der Waals surface area contributed by atoms with Crippen molar-refractivity contribution in [1.29, 1.82) is 0 Å². The topological polar surface area (TPSA) is 63.1 Å². The van der Waals surface area contributed by atoms with E-state index in [1.165, 1.54) is 0 Å². The van der Waals surface area contributed by atoms with E-state index < -0.39 is 5.97 Å². The van der Waals surface area contributed by atoms with E-state index >= 15 is 0 Å². The number of unbranched alkanes of at least 4 members (excludes halogenated alkanes) is 1. The fraction of sp³-hybridized carbons (Fsp3) is 0.615. The van der Waals surface area contributed by atoms with Crippen LogP contribution in [0.15, 0.2) is 6.20 Å². The predicted molar refractivity (Wildman–Crippen MR) is 63.8 cm³/mol. The fourth-order valence-corrected chi connectivity index (χ4v) is 2.21. The molecule has 0 spiro atoms. The predicted octanol–water partition coefficient (Wildman–Crippen LogP) is 2.01. The van der Waals surface area contributed by atoms with Gasteiger partial charge in [0.05, 0.1) is 5.92 Å². The molecule has 0 saturated carbocycles. The van der Waals surface area contributed by atoms with Crippen LogP contribution in [0.25, 0.3) is 0 Å². The molecule has 0 saturated heterocycles. The molecule has 1 aromatic rings. The average Bonchev–Trinajstić information content (AvgIpc) is 2.35. The molecule has 17 heavy (non-hydrogen) atoms. The molecular formula is C13H18N2O2. The molecule has 0 aliphatic heterocycles. The van der Waals surface area contributed by atoms with Gasteiger partial charge in [-0.25, -0.2) is 9.97 Å². The number of rotatable bonds is 4. The first kappa shape index (κ1) is 12.0. The Balaban J connectivity index is 2.11. The minimum absolute atomic E-state index is 0.257. The van der Waals surface area contributed by atoms with E-state index in [4.69, 9.17) is 5.11 Å². The molecule has 1 aliphatic rings. The first-order chi connectivity index (χ1) is 8.20. The quantitative estimate of drug-likeness (QED) is 0.865. The Hall–Kier alpha value is -1.45. The number of aryl methyl sites for hydroxylation is 2. The van der Waals surface area contributed by atoms with E-state index in [0.29, 0.717) is 12.8 Å². The number of carbonyl (C=O) groups is 1. The molecule has 1 atom stereocenters. The Morgan fingerprint density at radius 3 is 3.12 bits per heavy atom. The second-order valence-corrected chi connectivity index (χ2v) is 4.64. The monoisotopic (exact) mass is 234 g/mol. The second-order valence-electron chi connectivity index (χ2n) is 4.64. The summed E-state index contributed by atoms with van der Waals surface area (Å²) in [4.78, 5) is 19.8. The molecule has 92 valence electrons. The van der Waals surface area contributed by atoms with Crippen molar-refractivity contribution >= 4 is 5.97 Å². The van der Waals surface area contributed by atoms with Gasteiger partial charge in [-0.3, -0.25) is 4.79 Å². The molecule has 1 heterocycles. The second kappa shape index (κ2) is 5.25. The molecule has 2 rings (SSSR count). The van der Waals surface area contributed by atoms with Gasteiger partial charge in [-0.1, -0.05) is 13.3 Å². The average molecular weight is 234 g/mol. The highest BCUT2D eigenvalue weighted by atomic mass is 16.4. The van der Waals surface area contributed by atoms with Gasteiger partial charge in [0, 0.05) is 18.3 Å². The zero-order valence-electron chi connectivity index (χ0n) is 10.1. The van der Waals surface area contributed by atoms with Crippen molar-refractivity contribution in [3.63, 3.8) is 0 Å². The standard InChI is InChI=1S/C13H18N2O2/c1-2-3-4-12-14-8-10-7-9(13(16)17)5-6-11(10)15-12/h8-9H,2-7H2,1H3,(H,16,17). The Morgan fingerprint density at radius 1 is 1.59 bits per heavy atom. The van der Waals surface area contributed by atoms with Gasteiger partial charge in [-0.05, 0) is 31.2 Å². The van der Waals surface area contributed by atoms with Gasteiger partial charge >= 0.3 is 5.97 Å². The fourth-order valence-electron chi connectivity index (χ4n) is 2.21. The highest BCUT2D eigenvalue weighted by Crippen LogP contribution is 2.24. The van der Waals surface area contributed by atoms with Gasteiger partial charge in [0.15, 0.2) is 0 Å². The molecule has 4 heteroatoms. The van der Waals surface area contributed by atoms with Crippen molar-refractivity contribution in [3.8, 4) is 0 Å². The van der Waals surface area contributed by atoms with E-state index in [1.54, 1.807) is 0 Å². The number of aliphatic carboxylic acids is 1. The summed E-state index contributed by atoms with van der Waals surface area (Å²) >= 11 is 0. The molecule has 4 nitrogen and oxygen atoms in total. The molecule has 0 fully saturated rings. The SMILES string of the molecule is CCCCc1ncc2c(n1)CCC(C(=O)O)C2. The Labute approximate surface area is 101 Å². The highest BCUT2D eigenvalue weighted by Gasteiger charge is 2.25. The van der Waals surface area contributed by atoms with Crippen LogP contribution in [-0.4, -0.2) is 21.0 Å². The van der Waals surface area contributed by atoms with Crippen LogP contribution in [0.2, 0.25) is 0 Å². The summed E-state index contributed by atoms with van der Waals surface area (Å²) in [6.07, 6.45) is 7.05. The van der Waals surface area contributed by atoms with E-state index in [9.17, 15) is 4.79 Å². The molecule has 0 aromatic carbocycles. The maximum absolute atomic E-state index is 10.9. The van der Waals surface area contributed by atoms with Crippen LogP contribution in [0.1, 0.15) is 43.3 Å². The molecule has 1 aromatic heterocycles. The minimum atomic E-state index is -0.703.